The van der Waals surface area contributed by atoms with Crippen molar-refractivity contribution in [2.45, 2.75) is 41.0 Å². The van der Waals surface area contributed by atoms with Crippen molar-refractivity contribution in [2.24, 2.45) is 11.3 Å². The standard InChI is InChI=1S/C12H20O4/c1-8(2)7-16-11(15)9(13)6-10(14)12(3,4)5/h8H,6-7H2,1-5H3. The summed E-state index contributed by atoms with van der Waals surface area (Å²) in [6, 6.07) is 0. The number of Topliss-reactive ketones (excluding diaryl/α,β-unsaturated/α-hetero) is 2. The highest BCUT2D eigenvalue weighted by Gasteiger charge is 2.27. The molecule has 0 aliphatic heterocycles. The third kappa shape index (κ3) is 5.63. The van der Waals surface area contributed by atoms with Crippen molar-refractivity contribution < 1.29 is 19.1 Å². The van der Waals surface area contributed by atoms with Crippen molar-refractivity contribution in [2.75, 3.05) is 6.61 Å². The van der Waals surface area contributed by atoms with Gasteiger partial charge in [-0.25, -0.2) is 4.79 Å². The molecule has 0 fully saturated rings. The molecule has 4 heteroatoms. The molecule has 0 saturated carbocycles. The number of hydrogen-bond acceptors (Lipinski definition) is 4. The van der Waals surface area contributed by atoms with Gasteiger partial charge in [0.05, 0.1) is 13.0 Å². The Hall–Kier alpha value is -1.19. The first kappa shape index (κ1) is 14.8. The topological polar surface area (TPSA) is 60.4 Å². The van der Waals surface area contributed by atoms with Crippen LogP contribution in [0.5, 0.6) is 0 Å². The van der Waals surface area contributed by atoms with Gasteiger partial charge in [0.1, 0.15) is 5.78 Å². The summed E-state index contributed by atoms with van der Waals surface area (Å²) in [6.07, 6.45) is -0.375. The minimum Gasteiger partial charge on any atom is -0.460 e. The number of ether oxygens (including phenoxy) is 1. The Morgan fingerprint density at radius 3 is 2.00 bits per heavy atom. The van der Waals surface area contributed by atoms with Crippen LogP contribution in [0, 0.1) is 11.3 Å². The highest BCUT2D eigenvalue weighted by Crippen LogP contribution is 2.16. The van der Waals surface area contributed by atoms with Crippen LogP contribution < -0.4 is 0 Å². The summed E-state index contributed by atoms with van der Waals surface area (Å²) in [6.45, 7) is 9.08. The van der Waals surface area contributed by atoms with Crippen LogP contribution in [0.2, 0.25) is 0 Å². The van der Waals surface area contributed by atoms with Crippen LogP contribution in [0.15, 0.2) is 0 Å². The van der Waals surface area contributed by atoms with Crippen LogP contribution in [0.1, 0.15) is 41.0 Å². The summed E-state index contributed by atoms with van der Waals surface area (Å²) in [5, 5.41) is 0. The summed E-state index contributed by atoms with van der Waals surface area (Å²) >= 11 is 0. The number of carbonyl (C=O) groups excluding carboxylic acids is 3. The van der Waals surface area contributed by atoms with Crippen molar-refractivity contribution in [3.8, 4) is 0 Å². The minimum atomic E-state index is -0.911. The second-order valence-electron chi connectivity index (χ2n) is 5.27. The lowest BCUT2D eigenvalue weighted by atomic mass is 9.88. The Bertz CT molecular complexity index is 284. The number of carbonyl (C=O) groups is 3. The van der Waals surface area contributed by atoms with E-state index in [1.165, 1.54) is 0 Å². The molecular formula is C12H20O4. The van der Waals surface area contributed by atoms with E-state index in [1.807, 2.05) is 13.8 Å². The third-order valence-electron chi connectivity index (χ3n) is 1.93. The molecule has 0 aliphatic rings. The molecular weight excluding hydrogens is 208 g/mol. The second kappa shape index (κ2) is 5.77. The van der Waals surface area contributed by atoms with Gasteiger partial charge in [-0.15, -0.1) is 0 Å². The van der Waals surface area contributed by atoms with Crippen molar-refractivity contribution in [3.05, 3.63) is 0 Å². The van der Waals surface area contributed by atoms with Gasteiger partial charge in [-0.3, -0.25) is 9.59 Å². The summed E-state index contributed by atoms with van der Waals surface area (Å²) < 4.78 is 4.74. The zero-order valence-corrected chi connectivity index (χ0v) is 10.6. The van der Waals surface area contributed by atoms with Crippen molar-refractivity contribution in [1.29, 1.82) is 0 Å². The Balaban J connectivity index is 4.17. The molecule has 0 saturated heterocycles. The van der Waals surface area contributed by atoms with Gasteiger partial charge in [-0.1, -0.05) is 34.6 Å². The van der Waals surface area contributed by atoms with Crippen molar-refractivity contribution in [3.63, 3.8) is 0 Å². The number of esters is 1. The van der Waals surface area contributed by atoms with Gasteiger partial charge in [-0.05, 0) is 5.92 Å². The van der Waals surface area contributed by atoms with Gasteiger partial charge in [0.15, 0.2) is 0 Å². The van der Waals surface area contributed by atoms with Gasteiger partial charge < -0.3 is 4.74 Å². The summed E-state index contributed by atoms with van der Waals surface area (Å²) in [5.74, 6) is -1.75. The lowest BCUT2D eigenvalue weighted by Gasteiger charge is -2.15. The summed E-state index contributed by atoms with van der Waals surface area (Å²) in [5.41, 5.74) is -0.603. The summed E-state index contributed by atoms with van der Waals surface area (Å²) in [7, 11) is 0. The molecule has 0 rings (SSSR count). The van der Waals surface area contributed by atoms with E-state index in [-0.39, 0.29) is 24.7 Å². The van der Waals surface area contributed by atoms with E-state index in [9.17, 15) is 14.4 Å². The van der Waals surface area contributed by atoms with Crippen LogP contribution in [-0.2, 0) is 19.1 Å². The molecule has 0 aromatic carbocycles. The lowest BCUT2D eigenvalue weighted by Crippen LogP contribution is -2.28. The molecule has 0 aromatic heterocycles. The van der Waals surface area contributed by atoms with Crippen LogP contribution in [-0.4, -0.2) is 24.1 Å². The van der Waals surface area contributed by atoms with Gasteiger partial charge >= 0.3 is 5.97 Å². The maximum atomic E-state index is 11.5. The first-order valence-electron chi connectivity index (χ1n) is 5.38. The zero-order valence-electron chi connectivity index (χ0n) is 10.6. The largest absolute Gasteiger partial charge is 0.460 e. The normalized spacial score (nSPS) is 11.4. The third-order valence-corrected chi connectivity index (χ3v) is 1.93. The first-order chi connectivity index (χ1) is 7.14. The van der Waals surface area contributed by atoms with E-state index in [1.54, 1.807) is 20.8 Å². The SMILES string of the molecule is CC(C)COC(=O)C(=O)CC(=O)C(C)(C)C. The van der Waals surface area contributed by atoms with E-state index in [0.717, 1.165) is 0 Å². The van der Waals surface area contributed by atoms with Crippen LogP contribution in [0.25, 0.3) is 0 Å². The average Bonchev–Trinajstić information content (AvgIpc) is 2.12. The molecule has 0 amide bonds. The number of rotatable bonds is 5. The van der Waals surface area contributed by atoms with E-state index < -0.39 is 17.2 Å². The first-order valence-corrected chi connectivity index (χ1v) is 5.38. The molecule has 4 nitrogen and oxygen atoms in total. The molecule has 0 bridgehead atoms. The maximum Gasteiger partial charge on any atom is 0.375 e. The van der Waals surface area contributed by atoms with E-state index >= 15 is 0 Å². The fourth-order valence-corrected chi connectivity index (χ4v) is 0.806. The van der Waals surface area contributed by atoms with Gasteiger partial charge in [0.25, 0.3) is 0 Å². The molecule has 0 aromatic rings. The fourth-order valence-electron chi connectivity index (χ4n) is 0.806. The Kier molecular flexibility index (Phi) is 5.35. The molecule has 0 atom stereocenters. The van der Waals surface area contributed by atoms with Gasteiger partial charge in [0.2, 0.25) is 5.78 Å². The highest BCUT2D eigenvalue weighted by molar-refractivity contribution is 6.37. The maximum absolute atomic E-state index is 11.5. The number of ketones is 2. The fraction of sp³-hybridized carbons (Fsp3) is 0.750. The predicted molar refractivity (Wildman–Crippen MR) is 59.9 cm³/mol. The van der Waals surface area contributed by atoms with Crippen LogP contribution in [0.4, 0.5) is 0 Å². The highest BCUT2D eigenvalue weighted by atomic mass is 16.5. The van der Waals surface area contributed by atoms with Gasteiger partial charge in [-0.2, -0.15) is 0 Å². The van der Waals surface area contributed by atoms with Crippen LogP contribution in [0.3, 0.4) is 0 Å². The smallest absolute Gasteiger partial charge is 0.375 e. The van der Waals surface area contributed by atoms with Crippen molar-refractivity contribution in [1.82, 2.24) is 0 Å². The Morgan fingerprint density at radius 2 is 1.62 bits per heavy atom. The quantitative estimate of drug-likeness (QED) is 0.408. The summed E-state index contributed by atoms with van der Waals surface area (Å²) in [4.78, 5) is 34.0. The number of hydrogen-bond donors (Lipinski definition) is 0. The molecule has 0 N–H and O–H groups in total. The molecule has 16 heavy (non-hydrogen) atoms. The van der Waals surface area contributed by atoms with Crippen LogP contribution >= 0.6 is 0 Å². The van der Waals surface area contributed by atoms with E-state index in [2.05, 4.69) is 0 Å². The monoisotopic (exact) mass is 228 g/mol. The van der Waals surface area contributed by atoms with E-state index in [4.69, 9.17) is 4.74 Å². The molecule has 0 heterocycles. The minimum absolute atomic E-state index is 0.176. The second-order valence-corrected chi connectivity index (χ2v) is 5.27. The van der Waals surface area contributed by atoms with E-state index in [0.29, 0.717) is 0 Å². The van der Waals surface area contributed by atoms with Gasteiger partial charge in [0, 0.05) is 5.41 Å². The predicted octanol–water partition coefficient (Wildman–Crippen LogP) is 1.76. The average molecular weight is 228 g/mol. The molecule has 0 aliphatic carbocycles. The molecule has 0 radical (unpaired) electrons. The van der Waals surface area contributed by atoms with Crippen molar-refractivity contribution >= 4 is 17.5 Å². The Labute approximate surface area is 96.4 Å². The zero-order chi connectivity index (χ0) is 12.9. The molecule has 0 unspecified atom stereocenters. The molecule has 0 spiro atoms. The lowest BCUT2D eigenvalue weighted by molar-refractivity contribution is -0.156. The molecule has 92 valence electrons. The Morgan fingerprint density at radius 1 is 1.12 bits per heavy atom.